The third-order valence-electron chi connectivity index (χ3n) is 3.88. The molecule has 1 aromatic carbocycles. The van der Waals surface area contributed by atoms with Crippen molar-refractivity contribution >= 4 is 22.6 Å². The zero-order valence-electron chi connectivity index (χ0n) is 13.4. The van der Waals surface area contributed by atoms with Crippen molar-refractivity contribution in [3.63, 3.8) is 0 Å². The molecular weight excluding hydrogens is 383 g/mol. The van der Waals surface area contributed by atoms with Gasteiger partial charge in [0, 0.05) is 21.5 Å². The molecule has 2 aromatic rings. The molecule has 1 heterocycles. The van der Waals surface area contributed by atoms with Crippen molar-refractivity contribution in [2.75, 3.05) is 0 Å². The van der Waals surface area contributed by atoms with Crippen molar-refractivity contribution in [3.8, 4) is 11.4 Å². The van der Waals surface area contributed by atoms with Crippen LogP contribution in [-0.4, -0.2) is 9.97 Å². The Morgan fingerprint density at radius 2 is 1.41 bits per heavy atom. The minimum absolute atomic E-state index is 0.819. The van der Waals surface area contributed by atoms with Gasteiger partial charge in [0.05, 0.1) is 0 Å². The van der Waals surface area contributed by atoms with Crippen molar-refractivity contribution in [1.29, 1.82) is 0 Å². The van der Waals surface area contributed by atoms with E-state index >= 15 is 0 Å². The summed E-state index contributed by atoms with van der Waals surface area (Å²) in [5, 5.41) is 0. The molecule has 0 bridgehead atoms. The lowest BCUT2D eigenvalue weighted by Crippen LogP contribution is -1.93. The summed E-state index contributed by atoms with van der Waals surface area (Å²) in [5.41, 5.74) is 2.34. The number of aromatic nitrogens is 2. The average Bonchev–Trinajstić information content (AvgIpc) is 2.55. The largest absolute Gasteiger partial charge is 0.236 e. The molecule has 0 saturated heterocycles. The Kier molecular flexibility index (Phi) is 7.85. The molecule has 0 atom stereocenters. The highest BCUT2D eigenvalue weighted by Crippen LogP contribution is 2.17. The molecule has 0 N–H and O–H groups in total. The molecule has 0 saturated carbocycles. The Morgan fingerprint density at radius 3 is 2.05 bits per heavy atom. The lowest BCUT2D eigenvalue weighted by Gasteiger charge is -2.04. The van der Waals surface area contributed by atoms with Gasteiger partial charge in [-0.15, -0.1) is 0 Å². The Hall–Kier alpha value is -0.970. The maximum absolute atomic E-state index is 4.50. The first-order chi connectivity index (χ1) is 10.8. The van der Waals surface area contributed by atoms with Gasteiger partial charge in [-0.2, -0.15) is 0 Å². The first kappa shape index (κ1) is 17.4. The molecule has 2 nitrogen and oxygen atoms in total. The van der Waals surface area contributed by atoms with Gasteiger partial charge in [0.1, 0.15) is 0 Å². The van der Waals surface area contributed by atoms with Gasteiger partial charge < -0.3 is 0 Å². The average molecular weight is 408 g/mol. The third-order valence-corrected chi connectivity index (χ3v) is 4.60. The minimum atomic E-state index is 0.819. The quantitative estimate of drug-likeness (QED) is 0.373. The van der Waals surface area contributed by atoms with E-state index in [1.807, 2.05) is 12.4 Å². The SMILES string of the molecule is CCCCCCCCCc1cnc(-c2ccc(I)cc2)nc1. The van der Waals surface area contributed by atoms with E-state index in [2.05, 4.69) is 63.7 Å². The number of hydrogen-bond acceptors (Lipinski definition) is 2. The number of halogens is 1. The van der Waals surface area contributed by atoms with Crippen LogP contribution in [0.15, 0.2) is 36.7 Å². The minimum Gasteiger partial charge on any atom is -0.236 e. The number of benzene rings is 1. The molecule has 0 radical (unpaired) electrons. The van der Waals surface area contributed by atoms with Gasteiger partial charge in [-0.1, -0.05) is 57.6 Å². The summed E-state index contributed by atoms with van der Waals surface area (Å²) in [5.74, 6) is 0.819. The molecule has 0 amide bonds. The first-order valence-electron chi connectivity index (χ1n) is 8.36. The van der Waals surface area contributed by atoms with Crippen LogP contribution in [0.25, 0.3) is 11.4 Å². The standard InChI is InChI=1S/C19H25IN2/c1-2-3-4-5-6-7-8-9-16-14-21-19(22-15-16)17-10-12-18(20)13-11-17/h10-15H,2-9H2,1H3. The summed E-state index contributed by atoms with van der Waals surface area (Å²) in [4.78, 5) is 9.01. The van der Waals surface area contributed by atoms with Crippen LogP contribution in [0.3, 0.4) is 0 Å². The fourth-order valence-corrected chi connectivity index (χ4v) is 2.88. The van der Waals surface area contributed by atoms with Crippen molar-refractivity contribution in [3.05, 3.63) is 45.8 Å². The highest BCUT2D eigenvalue weighted by molar-refractivity contribution is 14.1. The van der Waals surface area contributed by atoms with E-state index in [4.69, 9.17) is 0 Å². The molecule has 22 heavy (non-hydrogen) atoms. The number of rotatable bonds is 9. The molecule has 0 aliphatic rings. The van der Waals surface area contributed by atoms with Crippen LogP contribution in [0.5, 0.6) is 0 Å². The Bertz CT molecular complexity index is 534. The second-order valence-corrected chi connectivity index (χ2v) is 7.04. The van der Waals surface area contributed by atoms with E-state index in [1.165, 1.54) is 54.1 Å². The second kappa shape index (κ2) is 9.93. The summed E-state index contributed by atoms with van der Waals surface area (Å²) >= 11 is 2.31. The molecule has 0 unspecified atom stereocenters. The van der Waals surface area contributed by atoms with Gasteiger partial charge >= 0.3 is 0 Å². The Morgan fingerprint density at radius 1 is 0.818 bits per heavy atom. The predicted octanol–water partition coefficient (Wildman–Crippen LogP) is 6.04. The highest BCUT2D eigenvalue weighted by Gasteiger charge is 2.01. The summed E-state index contributed by atoms with van der Waals surface area (Å²) in [6.07, 6.45) is 14.5. The third kappa shape index (κ3) is 6.03. The lowest BCUT2D eigenvalue weighted by molar-refractivity contribution is 0.589. The van der Waals surface area contributed by atoms with E-state index in [-0.39, 0.29) is 0 Å². The van der Waals surface area contributed by atoms with E-state index in [1.54, 1.807) is 0 Å². The van der Waals surface area contributed by atoms with Crippen LogP contribution >= 0.6 is 22.6 Å². The van der Waals surface area contributed by atoms with Crippen LogP contribution < -0.4 is 0 Å². The number of unbranched alkanes of at least 4 members (excludes halogenated alkanes) is 6. The van der Waals surface area contributed by atoms with Gasteiger partial charge in [-0.05, 0) is 53.1 Å². The summed E-state index contributed by atoms with van der Waals surface area (Å²) in [6, 6.07) is 8.33. The zero-order chi connectivity index (χ0) is 15.6. The van der Waals surface area contributed by atoms with Gasteiger partial charge in [-0.3, -0.25) is 0 Å². The van der Waals surface area contributed by atoms with Crippen LogP contribution in [0.1, 0.15) is 57.4 Å². The van der Waals surface area contributed by atoms with Gasteiger partial charge in [0.25, 0.3) is 0 Å². The van der Waals surface area contributed by atoms with Crippen LogP contribution in [0, 0.1) is 3.57 Å². The van der Waals surface area contributed by atoms with Crippen LogP contribution in [0.4, 0.5) is 0 Å². The van der Waals surface area contributed by atoms with Gasteiger partial charge in [0.15, 0.2) is 5.82 Å². The molecule has 0 aliphatic carbocycles. The smallest absolute Gasteiger partial charge is 0.159 e. The maximum atomic E-state index is 4.50. The zero-order valence-corrected chi connectivity index (χ0v) is 15.6. The normalized spacial score (nSPS) is 10.8. The van der Waals surface area contributed by atoms with E-state index in [9.17, 15) is 0 Å². The van der Waals surface area contributed by atoms with Crippen LogP contribution in [-0.2, 0) is 6.42 Å². The molecule has 2 rings (SSSR count). The fraction of sp³-hybridized carbons (Fsp3) is 0.474. The molecule has 1 aromatic heterocycles. The maximum Gasteiger partial charge on any atom is 0.159 e. The number of nitrogens with zero attached hydrogens (tertiary/aromatic N) is 2. The molecule has 3 heteroatoms. The molecule has 0 fully saturated rings. The van der Waals surface area contributed by atoms with Crippen molar-refractivity contribution < 1.29 is 0 Å². The molecule has 0 spiro atoms. The number of hydrogen-bond donors (Lipinski definition) is 0. The summed E-state index contributed by atoms with van der Waals surface area (Å²) in [6.45, 7) is 2.26. The van der Waals surface area contributed by atoms with E-state index < -0.39 is 0 Å². The van der Waals surface area contributed by atoms with Gasteiger partial charge in [0.2, 0.25) is 0 Å². The molecule has 0 aliphatic heterocycles. The van der Waals surface area contributed by atoms with E-state index in [0.29, 0.717) is 0 Å². The lowest BCUT2D eigenvalue weighted by atomic mass is 10.1. The van der Waals surface area contributed by atoms with Crippen LogP contribution in [0.2, 0.25) is 0 Å². The first-order valence-corrected chi connectivity index (χ1v) is 9.44. The Balaban J connectivity index is 1.74. The van der Waals surface area contributed by atoms with Crippen molar-refractivity contribution in [2.45, 2.75) is 58.3 Å². The summed E-state index contributed by atoms with van der Waals surface area (Å²) in [7, 11) is 0. The molecule has 118 valence electrons. The second-order valence-electron chi connectivity index (χ2n) is 5.79. The fourth-order valence-electron chi connectivity index (χ4n) is 2.52. The van der Waals surface area contributed by atoms with Crippen molar-refractivity contribution in [1.82, 2.24) is 9.97 Å². The number of aryl methyl sites for hydroxylation is 1. The van der Waals surface area contributed by atoms with Crippen molar-refractivity contribution in [2.24, 2.45) is 0 Å². The summed E-state index contributed by atoms with van der Waals surface area (Å²) < 4.78 is 1.23. The predicted molar refractivity (Wildman–Crippen MR) is 102 cm³/mol. The monoisotopic (exact) mass is 408 g/mol. The van der Waals surface area contributed by atoms with E-state index in [0.717, 1.165) is 17.8 Å². The van der Waals surface area contributed by atoms with Gasteiger partial charge in [-0.25, -0.2) is 9.97 Å². The topological polar surface area (TPSA) is 25.8 Å². The highest BCUT2D eigenvalue weighted by atomic mass is 127. The molecular formula is C19H25IN2. The Labute approximate surface area is 147 Å².